The number of ether oxygens (including phenoxy) is 1. The fraction of sp³-hybridized carbons (Fsp3) is 0.333. The Labute approximate surface area is 113 Å². The van der Waals surface area contributed by atoms with Crippen LogP contribution in [0, 0.1) is 0 Å². The molecule has 0 aliphatic heterocycles. The number of benzene rings is 1. The lowest BCUT2D eigenvalue weighted by Gasteiger charge is -2.17. The van der Waals surface area contributed by atoms with E-state index in [0.717, 1.165) is 0 Å². The van der Waals surface area contributed by atoms with E-state index >= 15 is 0 Å². The molecular formula is C12H13BrO5. The van der Waals surface area contributed by atoms with E-state index in [4.69, 9.17) is 14.9 Å². The molecule has 6 heteroatoms. The van der Waals surface area contributed by atoms with Gasteiger partial charge in [0.05, 0.1) is 4.47 Å². The molecule has 1 rings (SSSR count). The molecule has 2 N–H and O–H groups in total. The zero-order valence-electron chi connectivity index (χ0n) is 9.72. The molecule has 0 bridgehead atoms. The van der Waals surface area contributed by atoms with Crippen molar-refractivity contribution in [2.45, 2.75) is 25.9 Å². The van der Waals surface area contributed by atoms with E-state index in [1.54, 1.807) is 12.1 Å². The molecule has 0 saturated heterocycles. The molecule has 18 heavy (non-hydrogen) atoms. The lowest BCUT2D eigenvalue weighted by Crippen LogP contribution is -2.27. The van der Waals surface area contributed by atoms with Crippen LogP contribution in [0.4, 0.5) is 0 Å². The number of hydrogen-bond donors (Lipinski definition) is 2. The lowest BCUT2D eigenvalue weighted by molar-refractivity contribution is -0.145. The topological polar surface area (TPSA) is 83.8 Å². The van der Waals surface area contributed by atoms with Crippen molar-refractivity contribution < 1.29 is 24.5 Å². The van der Waals surface area contributed by atoms with Crippen LogP contribution in [0.3, 0.4) is 0 Å². The molecule has 98 valence electrons. The van der Waals surface area contributed by atoms with E-state index in [-0.39, 0.29) is 11.3 Å². The predicted octanol–water partition coefficient (Wildman–Crippen LogP) is 2.78. The summed E-state index contributed by atoms with van der Waals surface area (Å²) in [6.45, 7) is 1.83. The van der Waals surface area contributed by atoms with Crippen LogP contribution in [0.5, 0.6) is 5.75 Å². The first-order chi connectivity index (χ1) is 8.47. The molecule has 0 spiro atoms. The molecule has 1 aromatic carbocycles. The summed E-state index contributed by atoms with van der Waals surface area (Å²) in [5.74, 6) is -2.22. The summed E-state index contributed by atoms with van der Waals surface area (Å²) < 4.78 is 5.73. The molecule has 0 aromatic heterocycles. The summed E-state index contributed by atoms with van der Waals surface area (Å²) in [6.07, 6.45) is -0.105. The highest BCUT2D eigenvalue weighted by molar-refractivity contribution is 9.10. The van der Waals surface area contributed by atoms with Gasteiger partial charge in [-0.25, -0.2) is 9.59 Å². The normalized spacial score (nSPS) is 11.9. The quantitative estimate of drug-likeness (QED) is 0.843. The SMILES string of the molecule is CCCC(Oc1c(Br)cccc1C(=O)O)C(=O)O. The van der Waals surface area contributed by atoms with Gasteiger partial charge in [-0.3, -0.25) is 0 Å². The second-order valence-corrected chi connectivity index (χ2v) is 4.51. The Balaban J connectivity index is 3.08. The molecule has 0 aliphatic carbocycles. The van der Waals surface area contributed by atoms with Crippen molar-refractivity contribution in [2.75, 3.05) is 0 Å². The molecule has 0 aliphatic rings. The zero-order valence-corrected chi connectivity index (χ0v) is 11.3. The molecule has 0 saturated carbocycles. The van der Waals surface area contributed by atoms with Gasteiger partial charge in [0.15, 0.2) is 6.10 Å². The maximum absolute atomic E-state index is 11.0. The maximum atomic E-state index is 11.0. The van der Waals surface area contributed by atoms with Gasteiger partial charge in [-0.1, -0.05) is 19.4 Å². The highest BCUT2D eigenvalue weighted by atomic mass is 79.9. The van der Waals surface area contributed by atoms with Crippen LogP contribution < -0.4 is 4.74 Å². The van der Waals surface area contributed by atoms with Crippen LogP contribution in [-0.4, -0.2) is 28.3 Å². The largest absolute Gasteiger partial charge is 0.479 e. The Morgan fingerprint density at radius 3 is 2.56 bits per heavy atom. The van der Waals surface area contributed by atoms with Crippen LogP contribution in [-0.2, 0) is 4.79 Å². The Bertz CT molecular complexity index is 458. The second kappa shape index (κ2) is 6.39. The number of carboxylic acids is 2. The Kier molecular flexibility index (Phi) is 5.15. The van der Waals surface area contributed by atoms with Crippen LogP contribution in [0.15, 0.2) is 22.7 Å². The van der Waals surface area contributed by atoms with Gasteiger partial charge in [0.1, 0.15) is 11.3 Å². The van der Waals surface area contributed by atoms with Crippen molar-refractivity contribution in [1.29, 1.82) is 0 Å². The zero-order chi connectivity index (χ0) is 13.7. The Morgan fingerprint density at radius 1 is 1.39 bits per heavy atom. The number of hydrogen-bond acceptors (Lipinski definition) is 3. The molecule has 1 aromatic rings. The maximum Gasteiger partial charge on any atom is 0.344 e. The minimum atomic E-state index is -1.16. The molecule has 0 radical (unpaired) electrons. The van der Waals surface area contributed by atoms with E-state index in [2.05, 4.69) is 15.9 Å². The number of aromatic carboxylic acids is 1. The van der Waals surface area contributed by atoms with Gasteiger partial charge < -0.3 is 14.9 Å². The first-order valence-electron chi connectivity index (χ1n) is 5.38. The summed E-state index contributed by atoms with van der Waals surface area (Å²) >= 11 is 3.16. The van der Waals surface area contributed by atoms with Gasteiger partial charge in [0, 0.05) is 0 Å². The van der Waals surface area contributed by atoms with Gasteiger partial charge in [-0.2, -0.15) is 0 Å². The third-order valence-electron chi connectivity index (χ3n) is 2.28. The number of carboxylic acid groups (broad SMARTS) is 2. The number of rotatable bonds is 6. The van der Waals surface area contributed by atoms with Crippen molar-refractivity contribution in [3.05, 3.63) is 28.2 Å². The minimum absolute atomic E-state index is 0.0471. The molecular weight excluding hydrogens is 304 g/mol. The average molecular weight is 317 g/mol. The fourth-order valence-electron chi connectivity index (χ4n) is 1.43. The van der Waals surface area contributed by atoms with E-state index in [1.807, 2.05) is 6.92 Å². The van der Waals surface area contributed by atoms with Crippen molar-refractivity contribution in [3.63, 3.8) is 0 Å². The Hall–Kier alpha value is -1.56. The highest BCUT2D eigenvalue weighted by Gasteiger charge is 2.23. The molecule has 0 heterocycles. The second-order valence-electron chi connectivity index (χ2n) is 3.66. The first kappa shape index (κ1) is 14.5. The summed E-state index contributed by atoms with van der Waals surface area (Å²) in [7, 11) is 0. The van der Waals surface area contributed by atoms with E-state index < -0.39 is 18.0 Å². The number of para-hydroxylation sites is 1. The smallest absolute Gasteiger partial charge is 0.344 e. The van der Waals surface area contributed by atoms with Crippen molar-refractivity contribution in [1.82, 2.24) is 0 Å². The van der Waals surface area contributed by atoms with Crippen LogP contribution >= 0.6 is 15.9 Å². The summed E-state index contributed by atoms with van der Waals surface area (Å²) in [4.78, 5) is 22.0. The standard InChI is InChI=1S/C12H13BrO5/c1-2-4-9(12(16)17)18-10-7(11(14)15)5-3-6-8(10)13/h3,5-6,9H,2,4H2,1H3,(H,14,15)(H,16,17). The number of carbonyl (C=O) groups is 2. The van der Waals surface area contributed by atoms with E-state index in [1.165, 1.54) is 6.07 Å². The van der Waals surface area contributed by atoms with Gasteiger partial charge in [-0.05, 0) is 34.5 Å². The molecule has 1 atom stereocenters. The van der Waals surface area contributed by atoms with Crippen LogP contribution in [0.25, 0.3) is 0 Å². The van der Waals surface area contributed by atoms with Gasteiger partial charge in [0.25, 0.3) is 0 Å². The summed E-state index contributed by atoms with van der Waals surface area (Å²) in [5.41, 5.74) is -0.0632. The predicted molar refractivity (Wildman–Crippen MR) is 68.1 cm³/mol. The van der Waals surface area contributed by atoms with Gasteiger partial charge in [-0.15, -0.1) is 0 Å². The third-order valence-corrected chi connectivity index (χ3v) is 2.91. The van der Waals surface area contributed by atoms with Crippen LogP contribution in [0.2, 0.25) is 0 Å². The highest BCUT2D eigenvalue weighted by Crippen LogP contribution is 2.30. The third kappa shape index (κ3) is 3.46. The van der Waals surface area contributed by atoms with Gasteiger partial charge in [0.2, 0.25) is 0 Å². The van der Waals surface area contributed by atoms with Gasteiger partial charge >= 0.3 is 11.9 Å². The molecule has 0 fully saturated rings. The van der Waals surface area contributed by atoms with Crippen molar-refractivity contribution in [3.8, 4) is 5.75 Å². The Morgan fingerprint density at radius 2 is 2.06 bits per heavy atom. The molecule has 0 amide bonds. The van der Waals surface area contributed by atoms with E-state index in [0.29, 0.717) is 17.3 Å². The summed E-state index contributed by atoms with van der Waals surface area (Å²) in [5, 5.41) is 18.0. The minimum Gasteiger partial charge on any atom is -0.479 e. The van der Waals surface area contributed by atoms with E-state index in [9.17, 15) is 9.59 Å². The molecule has 5 nitrogen and oxygen atoms in total. The van der Waals surface area contributed by atoms with Crippen molar-refractivity contribution in [2.24, 2.45) is 0 Å². The van der Waals surface area contributed by atoms with Crippen LogP contribution in [0.1, 0.15) is 30.1 Å². The molecule has 1 unspecified atom stereocenters. The number of aliphatic carboxylic acids is 1. The monoisotopic (exact) mass is 316 g/mol. The number of halogens is 1. The average Bonchev–Trinajstić information content (AvgIpc) is 2.30. The van der Waals surface area contributed by atoms with Crippen molar-refractivity contribution >= 4 is 27.9 Å². The lowest BCUT2D eigenvalue weighted by atomic mass is 10.2. The fourth-order valence-corrected chi connectivity index (χ4v) is 1.89. The summed E-state index contributed by atoms with van der Waals surface area (Å²) in [6, 6.07) is 4.52. The first-order valence-corrected chi connectivity index (χ1v) is 6.18.